The maximum atomic E-state index is 13.3. The van der Waals surface area contributed by atoms with Crippen molar-refractivity contribution in [3.63, 3.8) is 0 Å². The van der Waals surface area contributed by atoms with Crippen LogP contribution in [0.15, 0.2) is 41.7 Å². The maximum Gasteiger partial charge on any atom is 0.259 e. The van der Waals surface area contributed by atoms with Crippen molar-refractivity contribution in [1.82, 2.24) is 24.2 Å². The van der Waals surface area contributed by atoms with Crippen molar-refractivity contribution < 1.29 is 9.59 Å². The number of carbonyl (C=O) groups is 2. The van der Waals surface area contributed by atoms with Gasteiger partial charge >= 0.3 is 0 Å². The fourth-order valence-corrected chi connectivity index (χ4v) is 5.10. The van der Waals surface area contributed by atoms with Gasteiger partial charge in [-0.3, -0.25) is 14.4 Å². The Morgan fingerprint density at radius 3 is 2.47 bits per heavy atom. The molecule has 0 radical (unpaired) electrons. The van der Waals surface area contributed by atoms with Crippen LogP contribution in [0.4, 0.5) is 0 Å². The van der Waals surface area contributed by atoms with E-state index in [-0.39, 0.29) is 29.6 Å². The minimum atomic E-state index is -0.493. The van der Waals surface area contributed by atoms with E-state index in [9.17, 15) is 14.4 Å². The van der Waals surface area contributed by atoms with Gasteiger partial charge in [0.05, 0.1) is 12.2 Å². The smallest absolute Gasteiger partial charge is 0.259 e. The normalized spacial score (nSPS) is 16.8. The summed E-state index contributed by atoms with van der Waals surface area (Å²) in [6, 6.07) is 4.12. The Hall–Kier alpha value is -3.42. The van der Waals surface area contributed by atoms with E-state index >= 15 is 0 Å². The van der Waals surface area contributed by atoms with Gasteiger partial charge in [-0.05, 0) is 50.7 Å². The summed E-state index contributed by atoms with van der Waals surface area (Å²) in [5.41, 5.74) is 2.25. The Bertz CT molecular complexity index is 1280. The standard InChI is InChI=1S/C26H31N5O3/c1-18-9-10-23-28-19(15-31(23)14-18)13-27-25(33)21-16-30(20-7-3-4-8-20)17-22(24(21)32)26(34)29-11-5-2-6-12-29/h9-10,14-17,20H,2-8,11-13H2,1H3,(H,27,33). The predicted octanol–water partition coefficient (Wildman–Crippen LogP) is 3.48. The van der Waals surface area contributed by atoms with Crippen molar-refractivity contribution in [2.24, 2.45) is 0 Å². The summed E-state index contributed by atoms with van der Waals surface area (Å²) in [6.07, 6.45) is 14.3. The van der Waals surface area contributed by atoms with Gasteiger partial charge in [-0.2, -0.15) is 0 Å². The highest BCUT2D eigenvalue weighted by atomic mass is 16.2. The Balaban J connectivity index is 1.42. The van der Waals surface area contributed by atoms with Gasteiger partial charge in [0.2, 0.25) is 5.43 Å². The molecule has 8 heteroatoms. The molecule has 5 rings (SSSR count). The number of piperidine rings is 1. The van der Waals surface area contributed by atoms with E-state index in [0.29, 0.717) is 18.8 Å². The van der Waals surface area contributed by atoms with Crippen LogP contribution < -0.4 is 10.7 Å². The number of amides is 2. The number of rotatable bonds is 5. The Kier molecular flexibility index (Phi) is 6.22. The second-order valence-electron chi connectivity index (χ2n) is 9.54. The van der Waals surface area contributed by atoms with Crippen LogP contribution in [-0.4, -0.2) is 43.8 Å². The van der Waals surface area contributed by atoms with E-state index in [1.54, 1.807) is 17.3 Å². The highest BCUT2D eigenvalue weighted by Crippen LogP contribution is 2.29. The van der Waals surface area contributed by atoms with Crippen LogP contribution in [0.1, 0.15) is 83.0 Å². The predicted molar refractivity (Wildman–Crippen MR) is 129 cm³/mol. The summed E-state index contributed by atoms with van der Waals surface area (Å²) in [5, 5.41) is 2.84. The molecule has 3 aromatic rings. The van der Waals surface area contributed by atoms with Crippen LogP contribution in [0.25, 0.3) is 5.65 Å². The molecule has 1 N–H and O–H groups in total. The lowest BCUT2D eigenvalue weighted by atomic mass is 10.1. The Morgan fingerprint density at radius 2 is 1.71 bits per heavy atom. The first-order valence-corrected chi connectivity index (χ1v) is 12.3. The van der Waals surface area contributed by atoms with Gasteiger partial charge in [-0.25, -0.2) is 4.98 Å². The monoisotopic (exact) mass is 461 g/mol. The highest BCUT2D eigenvalue weighted by molar-refractivity contribution is 5.99. The van der Waals surface area contributed by atoms with E-state index in [1.165, 1.54) is 0 Å². The van der Waals surface area contributed by atoms with Gasteiger partial charge in [-0.1, -0.05) is 18.9 Å². The van der Waals surface area contributed by atoms with Crippen LogP contribution in [-0.2, 0) is 6.54 Å². The first-order chi connectivity index (χ1) is 16.5. The SMILES string of the molecule is Cc1ccc2nc(CNC(=O)c3cn(C4CCCC4)cc(C(=O)N4CCCCC4)c3=O)cn2c1. The molecule has 2 aliphatic rings. The average molecular weight is 462 g/mol. The Morgan fingerprint density at radius 1 is 0.971 bits per heavy atom. The zero-order valence-electron chi connectivity index (χ0n) is 19.6. The zero-order chi connectivity index (χ0) is 23.7. The van der Waals surface area contributed by atoms with Crippen LogP contribution in [0.2, 0.25) is 0 Å². The molecule has 4 heterocycles. The van der Waals surface area contributed by atoms with Crippen LogP contribution in [0.3, 0.4) is 0 Å². The number of fused-ring (bicyclic) bond motifs is 1. The number of hydrogen-bond acceptors (Lipinski definition) is 4. The number of imidazole rings is 1. The van der Waals surface area contributed by atoms with E-state index in [4.69, 9.17) is 0 Å². The number of pyridine rings is 2. The number of hydrogen-bond donors (Lipinski definition) is 1. The first-order valence-electron chi connectivity index (χ1n) is 12.3. The molecule has 1 saturated heterocycles. The molecule has 0 atom stereocenters. The number of aryl methyl sites for hydroxylation is 1. The lowest BCUT2D eigenvalue weighted by Crippen LogP contribution is -2.40. The van der Waals surface area contributed by atoms with Crippen LogP contribution >= 0.6 is 0 Å². The van der Waals surface area contributed by atoms with Gasteiger partial charge in [0.25, 0.3) is 11.8 Å². The molecule has 178 valence electrons. The number of aromatic nitrogens is 3. The van der Waals surface area contributed by atoms with Crippen molar-refractivity contribution in [3.8, 4) is 0 Å². The van der Waals surface area contributed by atoms with Crippen molar-refractivity contribution in [1.29, 1.82) is 0 Å². The molecule has 1 aliphatic heterocycles. The topological polar surface area (TPSA) is 88.7 Å². The molecular formula is C26H31N5O3. The quantitative estimate of drug-likeness (QED) is 0.630. The molecule has 0 bridgehead atoms. The van der Waals surface area contributed by atoms with E-state index < -0.39 is 11.3 Å². The summed E-state index contributed by atoms with van der Waals surface area (Å²) in [6.45, 7) is 3.53. The summed E-state index contributed by atoms with van der Waals surface area (Å²) < 4.78 is 3.84. The summed E-state index contributed by atoms with van der Waals surface area (Å²) >= 11 is 0. The van der Waals surface area contributed by atoms with Gasteiger partial charge < -0.3 is 19.2 Å². The Labute approximate surface area is 198 Å². The molecule has 1 saturated carbocycles. The second-order valence-corrected chi connectivity index (χ2v) is 9.54. The third kappa shape index (κ3) is 4.49. The molecule has 8 nitrogen and oxygen atoms in total. The maximum absolute atomic E-state index is 13.3. The van der Waals surface area contributed by atoms with Gasteiger partial charge in [0, 0.05) is 43.9 Å². The molecule has 2 amide bonds. The van der Waals surface area contributed by atoms with Crippen molar-refractivity contribution in [2.45, 2.75) is 64.5 Å². The zero-order valence-corrected chi connectivity index (χ0v) is 19.6. The molecule has 34 heavy (non-hydrogen) atoms. The van der Waals surface area contributed by atoms with E-state index in [1.807, 2.05) is 40.4 Å². The van der Waals surface area contributed by atoms with Gasteiger partial charge in [-0.15, -0.1) is 0 Å². The molecule has 2 fully saturated rings. The fourth-order valence-electron chi connectivity index (χ4n) is 5.10. The minimum Gasteiger partial charge on any atom is -0.349 e. The number of nitrogens with zero attached hydrogens (tertiary/aromatic N) is 4. The summed E-state index contributed by atoms with van der Waals surface area (Å²) in [5.74, 6) is -0.736. The average Bonchev–Trinajstić information content (AvgIpc) is 3.52. The molecule has 1 aliphatic carbocycles. The second kappa shape index (κ2) is 9.44. The van der Waals surface area contributed by atoms with E-state index in [2.05, 4.69) is 10.3 Å². The lowest BCUT2D eigenvalue weighted by Gasteiger charge is -2.27. The fraction of sp³-hybridized carbons (Fsp3) is 0.462. The first kappa shape index (κ1) is 22.4. The molecule has 3 aromatic heterocycles. The van der Waals surface area contributed by atoms with Crippen LogP contribution in [0, 0.1) is 6.92 Å². The third-order valence-corrected chi connectivity index (χ3v) is 6.99. The number of carbonyl (C=O) groups excluding carboxylic acids is 2. The van der Waals surface area contributed by atoms with Crippen molar-refractivity contribution in [2.75, 3.05) is 13.1 Å². The lowest BCUT2D eigenvalue weighted by molar-refractivity contribution is 0.0722. The molecule has 0 spiro atoms. The highest BCUT2D eigenvalue weighted by Gasteiger charge is 2.26. The summed E-state index contributed by atoms with van der Waals surface area (Å²) in [4.78, 5) is 46.0. The number of nitrogens with one attached hydrogen (secondary N) is 1. The van der Waals surface area contributed by atoms with E-state index in [0.717, 1.165) is 56.2 Å². The van der Waals surface area contributed by atoms with Crippen LogP contribution in [0.5, 0.6) is 0 Å². The molecule has 0 aromatic carbocycles. The minimum absolute atomic E-state index is 0.0226. The summed E-state index contributed by atoms with van der Waals surface area (Å²) in [7, 11) is 0. The van der Waals surface area contributed by atoms with Crippen molar-refractivity contribution in [3.05, 3.63) is 69.5 Å². The van der Waals surface area contributed by atoms with Gasteiger partial charge in [0.15, 0.2) is 0 Å². The third-order valence-electron chi connectivity index (χ3n) is 6.99. The van der Waals surface area contributed by atoms with Crippen molar-refractivity contribution >= 4 is 17.5 Å². The number of likely N-dealkylation sites (tertiary alicyclic amines) is 1. The molecular weight excluding hydrogens is 430 g/mol. The largest absolute Gasteiger partial charge is 0.349 e. The molecule has 0 unspecified atom stereocenters. The van der Waals surface area contributed by atoms with Gasteiger partial charge in [0.1, 0.15) is 16.8 Å².